The van der Waals surface area contributed by atoms with Gasteiger partial charge in [-0.1, -0.05) is 30.3 Å². The summed E-state index contributed by atoms with van der Waals surface area (Å²) in [5.74, 6) is -0.0595. The van der Waals surface area contributed by atoms with Crippen molar-refractivity contribution in [3.63, 3.8) is 0 Å². The van der Waals surface area contributed by atoms with Gasteiger partial charge in [-0.25, -0.2) is 4.79 Å². The summed E-state index contributed by atoms with van der Waals surface area (Å²) >= 11 is 0. The van der Waals surface area contributed by atoms with Crippen LogP contribution >= 0.6 is 0 Å². The van der Waals surface area contributed by atoms with Crippen LogP contribution in [0.3, 0.4) is 0 Å². The van der Waals surface area contributed by atoms with E-state index < -0.39 is 5.97 Å². The van der Waals surface area contributed by atoms with Crippen molar-refractivity contribution in [3.05, 3.63) is 70.7 Å². The average Bonchev–Trinajstić information content (AvgIpc) is 2.64. The molecule has 1 aromatic heterocycles. The van der Waals surface area contributed by atoms with Gasteiger partial charge in [0.25, 0.3) is 5.69 Å². The Hall–Kier alpha value is -2.82. The van der Waals surface area contributed by atoms with Gasteiger partial charge >= 0.3 is 5.97 Å². The zero-order valence-electron chi connectivity index (χ0n) is 14.6. The van der Waals surface area contributed by atoms with Crippen molar-refractivity contribution in [1.82, 2.24) is 0 Å². The summed E-state index contributed by atoms with van der Waals surface area (Å²) < 4.78 is 11.1. The Kier molecular flexibility index (Phi) is 7.01. The van der Waals surface area contributed by atoms with Gasteiger partial charge in [0.2, 0.25) is 0 Å². The second-order valence-corrected chi connectivity index (χ2v) is 5.67. The molecule has 0 saturated carbocycles. The predicted molar refractivity (Wildman–Crippen MR) is 96.1 cm³/mol. The molecule has 5 heteroatoms. The number of unbranched alkanes of at least 4 members (excludes halogenated alkanes) is 1. The molecule has 0 spiro atoms. The first-order valence-electron chi connectivity index (χ1n) is 8.27. The SMILES string of the molecule is COC(=O)/C=C/c1c(OCCCCc2ccccc2)ccc(C)[n+]1[O-]. The summed E-state index contributed by atoms with van der Waals surface area (Å²) in [6.45, 7) is 2.21. The van der Waals surface area contributed by atoms with Gasteiger partial charge in [0, 0.05) is 25.1 Å². The van der Waals surface area contributed by atoms with Crippen molar-refractivity contribution in [1.29, 1.82) is 0 Å². The van der Waals surface area contributed by atoms with Crippen LogP contribution in [0.2, 0.25) is 0 Å². The highest BCUT2D eigenvalue weighted by Crippen LogP contribution is 2.18. The molecular weight excluding hydrogens is 318 g/mol. The number of rotatable bonds is 8. The van der Waals surface area contributed by atoms with E-state index in [4.69, 9.17) is 4.74 Å². The van der Waals surface area contributed by atoms with Crippen LogP contribution in [0.4, 0.5) is 0 Å². The van der Waals surface area contributed by atoms with Crippen LogP contribution in [0.5, 0.6) is 5.75 Å². The summed E-state index contributed by atoms with van der Waals surface area (Å²) in [6.07, 6.45) is 5.51. The van der Waals surface area contributed by atoms with E-state index in [1.54, 1.807) is 19.1 Å². The topological polar surface area (TPSA) is 62.5 Å². The van der Waals surface area contributed by atoms with Gasteiger partial charge in [0.15, 0.2) is 11.4 Å². The highest BCUT2D eigenvalue weighted by Gasteiger charge is 2.14. The molecule has 0 aliphatic rings. The minimum absolute atomic E-state index is 0.299. The molecule has 25 heavy (non-hydrogen) atoms. The lowest BCUT2D eigenvalue weighted by Gasteiger charge is -2.11. The van der Waals surface area contributed by atoms with Gasteiger partial charge in [-0.3, -0.25) is 0 Å². The Balaban J connectivity index is 1.93. The standard InChI is InChI=1S/C20H23NO4/c1-16-11-13-19(18(21(16)23)12-14-20(22)24-2)25-15-7-6-10-17-8-4-3-5-9-17/h3-5,8-9,11-14H,6-7,10,15H2,1-2H3/b14-12+. The van der Waals surface area contributed by atoms with E-state index in [0.717, 1.165) is 24.0 Å². The number of nitrogens with zero attached hydrogens (tertiary/aromatic N) is 1. The molecular formula is C20H23NO4. The van der Waals surface area contributed by atoms with E-state index in [2.05, 4.69) is 16.9 Å². The molecule has 0 aliphatic heterocycles. The number of benzene rings is 1. The van der Waals surface area contributed by atoms with E-state index in [1.165, 1.54) is 24.8 Å². The van der Waals surface area contributed by atoms with E-state index in [1.807, 2.05) is 18.2 Å². The Labute approximate surface area is 148 Å². The van der Waals surface area contributed by atoms with Crippen LogP contribution in [0.25, 0.3) is 6.08 Å². The van der Waals surface area contributed by atoms with Crippen LogP contribution in [-0.2, 0) is 16.0 Å². The normalized spacial score (nSPS) is 10.8. The first-order chi connectivity index (χ1) is 12.1. The molecule has 1 heterocycles. The molecule has 1 aromatic carbocycles. The van der Waals surface area contributed by atoms with Gasteiger partial charge in [-0.15, -0.1) is 0 Å². The summed E-state index contributed by atoms with van der Waals surface area (Å²) in [6, 6.07) is 13.7. The smallest absolute Gasteiger partial charge is 0.330 e. The molecule has 0 atom stereocenters. The zero-order valence-corrected chi connectivity index (χ0v) is 14.6. The highest BCUT2D eigenvalue weighted by atomic mass is 16.5. The van der Waals surface area contributed by atoms with Gasteiger partial charge < -0.3 is 14.7 Å². The first-order valence-corrected chi connectivity index (χ1v) is 8.27. The number of pyridine rings is 1. The van der Waals surface area contributed by atoms with Crippen LogP contribution < -0.4 is 9.47 Å². The van der Waals surface area contributed by atoms with Crippen molar-refractivity contribution in [2.24, 2.45) is 0 Å². The lowest BCUT2D eigenvalue weighted by Crippen LogP contribution is -2.34. The Morgan fingerprint density at radius 2 is 1.92 bits per heavy atom. The zero-order chi connectivity index (χ0) is 18.1. The molecule has 0 N–H and O–H groups in total. The summed E-state index contributed by atoms with van der Waals surface area (Å²) in [5.41, 5.74) is 2.13. The fraction of sp³-hybridized carbons (Fsp3) is 0.300. The van der Waals surface area contributed by atoms with Crippen molar-refractivity contribution in [3.8, 4) is 5.75 Å². The third-order valence-corrected chi connectivity index (χ3v) is 3.81. The molecule has 0 unspecified atom stereocenters. The Morgan fingerprint density at radius 1 is 1.16 bits per heavy atom. The number of ether oxygens (including phenoxy) is 2. The molecule has 2 rings (SSSR count). The molecule has 0 saturated heterocycles. The van der Waals surface area contributed by atoms with Crippen molar-refractivity contribution < 1.29 is 19.0 Å². The van der Waals surface area contributed by atoms with Crippen LogP contribution in [0.15, 0.2) is 48.5 Å². The summed E-state index contributed by atoms with van der Waals surface area (Å²) in [7, 11) is 1.29. The van der Waals surface area contributed by atoms with Gasteiger partial charge in [0.1, 0.15) is 0 Å². The number of aromatic nitrogens is 1. The van der Waals surface area contributed by atoms with Gasteiger partial charge in [-0.2, -0.15) is 4.73 Å². The lowest BCUT2D eigenvalue weighted by molar-refractivity contribution is -0.614. The molecule has 0 amide bonds. The lowest BCUT2D eigenvalue weighted by atomic mass is 10.1. The second kappa shape index (κ2) is 9.47. The number of carbonyl (C=O) groups is 1. The maximum atomic E-state index is 12.2. The number of hydrogen-bond donors (Lipinski definition) is 0. The van der Waals surface area contributed by atoms with Crippen LogP contribution in [0.1, 0.15) is 29.8 Å². The number of hydrogen-bond acceptors (Lipinski definition) is 4. The largest absolute Gasteiger partial charge is 0.618 e. The third-order valence-electron chi connectivity index (χ3n) is 3.81. The maximum Gasteiger partial charge on any atom is 0.330 e. The maximum absolute atomic E-state index is 12.2. The summed E-state index contributed by atoms with van der Waals surface area (Å²) in [5, 5.41) is 12.2. The predicted octanol–water partition coefficient (Wildman–Crippen LogP) is 3.22. The number of esters is 1. The monoisotopic (exact) mass is 341 g/mol. The average molecular weight is 341 g/mol. The molecule has 2 aromatic rings. The van der Waals surface area contributed by atoms with E-state index >= 15 is 0 Å². The minimum Gasteiger partial charge on any atom is -0.618 e. The van der Waals surface area contributed by atoms with E-state index in [-0.39, 0.29) is 0 Å². The first kappa shape index (κ1) is 18.5. The van der Waals surface area contributed by atoms with Crippen LogP contribution in [0, 0.1) is 12.1 Å². The molecule has 0 fully saturated rings. The molecule has 0 radical (unpaired) electrons. The van der Waals surface area contributed by atoms with Gasteiger partial charge in [0.05, 0.1) is 13.7 Å². The fourth-order valence-electron chi connectivity index (χ4n) is 2.38. The fourth-order valence-corrected chi connectivity index (χ4v) is 2.38. The molecule has 0 aliphatic carbocycles. The van der Waals surface area contributed by atoms with Gasteiger partial charge in [-0.05, 0) is 30.9 Å². The highest BCUT2D eigenvalue weighted by molar-refractivity contribution is 5.86. The number of aryl methyl sites for hydroxylation is 2. The minimum atomic E-state index is -0.518. The third kappa shape index (κ3) is 5.64. The van der Waals surface area contributed by atoms with Crippen molar-refractivity contribution in [2.45, 2.75) is 26.2 Å². The Morgan fingerprint density at radius 3 is 2.64 bits per heavy atom. The molecule has 132 valence electrons. The van der Waals surface area contributed by atoms with E-state index in [0.29, 0.717) is 23.7 Å². The van der Waals surface area contributed by atoms with Crippen molar-refractivity contribution in [2.75, 3.05) is 13.7 Å². The second-order valence-electron chi connectivity index (χ2n) is 5.67. The quantitative estimate of drug-likeness (QED) is 0.243. The van der Waals surface area contributed by atoms with Crippen LogP contribution in [-0.4, -0.2) is 19.7 Å². The summed E-state index contributed by atoms with van der Waals surface area (Å²) in [4.78, 5) is 11.3. The number of carbonyl (C=O) groups excluding carboxylic acids is 1. The Bertz CT molecular complexity index is 726. The molecule has 0 bridgehead atoms. The van der Waals surface area contributed by atoms with E-state index in [9.17, 15) is 10.0 Å². The molecule has 5 nitrogen and oxygen atoms in total. The van der Waals surface area contributed by atoms with Crippen molar-refractivity contribution >= 4 is 12.0 Å². The number of methoxy groups -OCH3 is 1.